The zero-order valence-corrected chi connectivity index (χ0v) is 13.4. The lowest BCUT2D eigenvalue weighted by Gasteiger charge is -2.23. The van der Waals surface area contributed by atoms with Gasteiger partial charge in [-0.15, -0.1) is 10.2 Å². The molecule has 1 aromatic carbocycles. The van der Waals surface area contributed by atoms with Gasteiger partial charge >= 0.3 is 0 Å². The lowest BCUT2D eigenvalue weighted by Crippen LogP contribution is -2.31. The number of fused-ring (bicyclic) bond motifs is 1. The molecule has 0 saturated carbocycles. The van der Waals surface area contributed by atoms with E-state index < -0.39 is 0 Å². The van der Waals surface area contributed by atoms with Gasteiger partial charge in [0.25, 0.3) is 5.91 Å². The van der Waals surface area contributed by atoms with Crippen LogP contribution in [-0.4, -0.2) is 39.1 Å². The summed E-state index contributed by atoms with van der Waals surface area (Å²) in [4.78, 5) is 14.8. The first kappa shape index (κ1) is 14.7. The summed E-state index contributed by atoms with van der Waals surface area (Å²) in [6.45, 7) is 0.733. The highest BCUT2D eigenvalue weighted by atomic mass is 16.5. The highest BCUT2D eigenvalue weighted by molar-refractivity contribution is 5.94. The lowest BCUT2D eigenvalue weighted by atomic mass is 10.1. The fraction of sp³-hybridized carbons (Fsp3) is 0.278. The quantitative estimate of drug-likeness (QED) is 0.744. The molecule has 1 unspecified atom stereocenters. The number of benzene rings is 1. The van der Waals surface area contributed by atoms with Gasteiger partial charge < -0.3 is 9.64 Å². The normalized spacial score (nSPS) is 17.4. The van der Waals surface area contributed by atoms with Crippen molar-refractivity contribution in [3.8, 4) is 5.75 Å². The molecule has 3 heterocycles. The summed E-state index contributed by atoms with van der Waals surface area (Å²) in [5.41, 5.74) is 1.47. The van der Waals surface area contributed by atoms with E-state index in [1.165, 1.54) is 0 Å². The van der Waals surface area contributed by atoms with Gasteiger partial charge in [0, 0.05) is 18.3 Å². The molecular weight excluding hydrogens is 304 g/mol. The van der Waals surface area contributed by atoms with Crippen LogP contribution in [-0.2, 0) is 0 Å². The van der Waals surface area contributed by atoms with Crippen molar-refractivity contribution in [3.63, 3.8) is 0 Å². The fourth-order valence-electron chi connectivity index (χ4n) is 3.26. The smallest absolute Gasteiger partial charge is 0.254 e. The molecule has 1 fully saturated rings. The first-order valence-electron chi connectivity index (χ1n) is 8.02. The first-order chi connectivity index (χ1) is 11.8. The standard InChI is InChI=1S/C18H18N4O2/c1-24-14-9-7-13(8-10-14)18(23)21-12-4-5-15(21)17-20-19-16-6-2-3-11-22(16)17/h2-3,6-11,15H,4-5,12H2,1H3. The number of methoxy groups -OCH3 is 1. The highest BCUT2D eigenvalue weighted by Gasteiger charge is 2.33. The third-order valence-corrected chi connectivity index (χ3v) is 4.49. The average Bonchev–Trinajstić information content (AvgIpc) is 3.27. The first-order valence-corrected chi connectivity index (χ1v) is 8.02. The molecule has 24 heavy (non-hydrogen) atoms. The van der Waals surface area contributed by atoms with Crippen LogP contribution in [0.1, 0.15) is 35.1 Å². The van der Waals surface area contributed by atoms with Gasteiger partial charge in [-0.3, -0.25) is 9.20 Å². The largest absolute Gasteiger partial charge is 0.497 e. The summed E-state index contributed by atoms with van der Waals surface area (Å²) < 4.78 is 7.12. The molecule has 0 N–H and O–H groups in total. The monoisotopic (exact) mass is 322 g/mol. The molecule has 0 radical (unpaired) electrons. The Morgan fingerprint density at radius 1 is 1.17 bits per heavy atom. The van der Waals surface area contributed by atoms with E-state index in [0.29, 0.717) is 5.56 Å². The number of aromatic nitrogens is 3. The van der Waals surface area contributed by atoms with Gasteiger partial charge in [0.1, 0.15) is 5.75 Å². The lowest BCUT2D eigenvalue weighted by molar-refractivity contribution is 0.0729. The van der Waals surface area contributed by atoms with Crippen molar-refractivity contribution >= 4 is 11.6 Å². The van der Waals surface area contributed by atoms with Crippen molar-refractivity contribution in [2.45, 2.75) is 18.9 Å². The van der Waals surface area contributed by atoms with Gasteiger partial charge in [-0.2, -0.15) is 0 Å². The molecule has 4 rings (SSSR count). The van der Waals surface area contributed by atoms with Gasteiger partial charge in [0.15, 0.2) is 11.5 Å². The summed E-state index contributed by atoms with van der Waals surface area (Å²) in [6, 6.07) is 13.0. The summed E-state index contributed by atoms with van der Waals surface area (Å²) >= 11 is 0. The topological polar surface area (TPSA) is 59.7 Å². The summed E-state index contributed by atoms with van der Waals surface area (Å²) in [5.74, 6) is 1.59. The van der Waals surface area contributed by atoms with E-state index in [0.717, 1.165) is 36.6 Å². The Balaban J connectivity index is 1.65. The van der Waals surface area contributed by atoms with E-state index in [1.807, 2.05) is 45.8 Å². The Morgan fingerprint density at radius 2 is 2.00 bits per heavy atom. The Labute approximate surface area is 139 Å². The SMILES string of the molecule is COc1ccc(C(=O)N2CCCC2c2nnc3ccccn23)cc1. The van der Waals surface area contributed by atoms with Crippen LogP contribution in [0.15, 0.2) is 48.7 Å². The maximum Gasteiger partial charge on any atom is 0.254 e. The van der Waals surface area contributed by atoms with Crippen molar-refractivity contribution in [2.75, 3.05) is 13.7 Å². The second-order valence-corrected chi connectivity index (χ2v) is 5.87. The van der Waals surface area contributed by atoms with Crippen LogP contribution in [0.4, 0.5) is 0 Å². The number of rotatable bonds is 3. The number of carbonyl (C=O) groups excluding carboxylic acids is 1. The van der Waals surface area contributed by atoms with E-state index in [1.54, 1.807) is 19.2 Å². The van der Waals surface area contributed by atoms with Crippen LogP contribution in [0.3, 0.4) is 0 Å². The van der Waals surface area contributed by atoms with Gasteiger partial charge in [-0.05, 0) is 49.2 Å². The number of hydrogen-bond acceptors (Lipinski definition) is 4. The molecule has 2 aromatic heterocycles. The van der Waals surface area contributed by atoms with E-state index in [4.69, 9.17) is 4.74 Å². The fourth-order valence-corrected chi connectivity index (χ4v) is 3.26. The molecule has 1 aliphatic heterocycles. The Kier molecular flexibility index (Phi) is 3.65. The van der Waals surface area contributed by atoms with E-state index in [9.17, 15) is 4.79 Å². The number of carbonyl (C=O) groups is 1. The van der Waals surface area contributed by atoms with Crippen molar-refractivity contribution in [1.82, 2.24) is 19.5 Å². The summed E-state index contributed by atoms with van der Waals surface area (Å²) in [6.07, 6.45) is 3.81. The van der Waals surface area contributed by atoms with Gasteiger partial charge in [-0.25, -0.2) is 0 Å². The summed E-state index contributed by atoms with van der Waals surface area (Å²) in [7, 11) is 1.61. The zero-order valence-electron chi connectivity index (χ0n) is 13.4. The van der Waals surface area contributed by atoms with Crippen LogP contribution in [0.2, 0.25) is 0 Å². The highest BCUT2D eigenvalue weighted by Crippen LogP contribution is 2.32. The van der Waals surface area contributed by atoms with E-state index >= 15 is 0 Å². The molecule has 6 nitrogen and oxygen atoms in total. The minimum absolute atomic E-state index is 0.0211. The number of ether oxygens (including phenoxy) is 1. The predicted octanol–water partition coefficient (Wildman–Crippen LogP) is 2.72. The molecular formula is C18H18N4O2. The average molecular weight is 322 g/mol. The third kappa shape index (κ3) is 2.40. The van der Waals surface area contributed by atoms with Crippen molar-refractivity contribution in [3.05, 3.63) is 60.0 Å². The number of likely N-dealkylation sites (tertiary alicyclic amines) is 1. The van der Waals surface area contributed by atoms with Gasteiger partial charge in [0.2, 0.25) is 0 Å². The van der Waals surface area contributed by atoms with Gasteiger partial charge in [0.05, 0.1) is 13.2 Å². The summed E-state index contributed by atoms with van der Waals surface area (Å²) in [5, 5.41) is 8.54. The van der Waals surface area contributed by atoms with Crippen LogP contribution in [0.5, 0.6) is 5.75 Å². The third-order valence-electron chi connectivity index (χ3n) is 4.49. The van der Waals surface area contributed by atoms with Crippen molar-refractivity contribution < 1.29 is 9.53 Å². The Morgan fingerprint density at radius 3 is 2.79 bits per heavy atom. The molecule has 122 valence electrons. The molecule has 1 aliphatic rings. The number of pyridine rings is 1. The second kappa shape index (κ2) is 5.96. The molecule has 1 amide bonds. The number of amides is 1. The minimum Gasteiger partial charge on any atom is -0.497 e. The Hall–Kier alpha value is -2.89. The van der Waals surface area contributed by atoms with E-state index in [-0.39, 0.29) is 11.9 Å². The number of nitrogens with zero attached hydrogens (tertiary/aromatic N) is 4. The van der Waals surface area contributed by atoms with Crippen LogP contribution in [0, 0.1) is 0 Å². The van der Waals surface area contributed by atoms with Crippen molar-refractivity contribution in [2.24, 2.45) is 0 Å². The minimum atomic E-state index is -0.0444. The molecule has 1 saturated heterocycles. The van der Waals surface area contributed by atoms with Crippen LogP contribution < -0.4 is 4.74 Å². The molecule has 3 aromatic rings. The second-order valence-electron chi connectivity index (χ2n) is 5.87. The molecule has 0 spiro atoms. The maximum absolute atomic E-state index is 12.9. The molecule has 0 bridgehead atoms. The maximum atomic E-state index is 12.9. The van der Waals surface area contributed by atoms with Crippen LogP contribution in [0.25, 0.3) is 5.65 Å². The zero-order chi connectivity index (χ0) is 16.5. The van der Waals surface area contributed by atoms with Crippen molar-refractivity contribution in [1.29, 1.82) is 0 Å². The Bertz CT molecular complexity index is 872. The predicted molar refractivity (Wildman–Crippen MR) is 89.0 cm³/mol. The molecule has 1 atom stereocenters. The van der Waals surface area contributed by atoms with E-state index in [2.05, 4.69) is 10.2 Å². The molecule has 0 aliphatic carbocycles. The number of hydrogen-bond donors (Lipinski definition) is 0. The molecule has 6 heteroatoms. The van der Waals surface area contributed by atoms with Crippen LogP contribution >= 0.6 is 0 Å². The van der Waals surface area contributed by atoms with Gasteiger partial charge in [-0.1, -0.05) is 6.07 Å².